The molecule has 1 aromatic heterocycles. The van der Waals surface area contributed by atoms with E-state index in [1.807, 2.05) is 24.8 Å². The summed E-state index contributed by atoms with van der Waals surface area (Å²) in [5.41, 5.74) is 4.25. The highest BCUT2D eigenvalue weighted by atomic mass is 16.5. The molecule has 1 fully saturated rings. The number of rotatable bonds is 2. The lowest BCUT2D eigenvalue weighted by Crippen LogP contribution is -2.50. The number of carbonyl (C=O) groups is 1. The van der Waals surface area contributed by atoms with Crippen molar-refractivity contribution in [2.45, 2.75) is 46.3 Å². The van der Waals surface area contributed by atoms with E-state index >= 15 is 0 Å². The lowest BCUT2D eigenvalue weighted by Gasteiger charge is -2.36. The zero-order chi connectivity index (χ0) is 15.9. The van der Waals surface area contributed by atoms with Gasteiger partial charge in [-0.1, -0.05) is 0 Å². The topological polar surface area (TPSA) is 42.7 Å². The van der Waals surface area contributed by atoms with Gasteiger partial charge in [0.25, 0.3) is 0 Å². The molecule has 2 atom stereocenters. The van der Waals surface area contributed by atoms with Crippen molar-refractivity contribution in [3.8, 4) is 0 Å². The van der Waals surface area contributed by atoms with E-state index in [1.54, 1.807) is 6.26 Å². The summed E-state index contributed by atoms with van der Waals surface area (Å²) in [5, 5.41) is 1.05. The van der Waals surface area contributed by atoms with Crippen molar-refractivity contribution in [2.24, 2.45) is 0 Å². The molecule has 0 saturated carbocycles. The molecule has 0 radical (unpaired) electrons. The fraction of sp³-hybridized carbons (Fsp3) is 0.500. The smallest absolute Gasteiger partial charge is 0.227 e. The Morgan fingerprint density at radius 3 is 2.77 bits per heavy atom. The minimum Gasteiger partial charge on any atom is -0.464 e. The summed E-state index contributed by atoms with van der Waals surface area (Å²) in [6, 6.07) is 4.28. The molecule has 4 nitrogen and oxygen atoms in total. The number of hydrogen-bond donors (Lipinski definition) is 0. The monoisotopic (exact) mass is 301 g/mol. The highest BCUT2D eigenvalue weighted by molar-refractivity contribution is 5.88. The number of benzene rings is 1. The van der Waals surface area contributed by atoms with E-state index in [9.17, 15) is 4.79 Å². The predicted octanol–water partition coefficient (Wildman–Crippen LogP) is 3.23. The van der Waals surface area contributed by atoms with Crippen molar-refractivity contribution in [3.63, 3.8) is 0 Å². The Hall–Kier alpha value is -1.81. The van der Waals surface area contributed by atoms with Gasteiger partial charge in [0.15, 0.2) is 0 Å². The van der Waals surface area contributed by atoms with Crippen LogP contribution in [-0.4, -0.2) is 36.1 Å². The number of amides is 1. The third-order valence-electron chi connectivity index (χ3n) is 4.54. The molecule has 4 heteroatoms. The number of fused-ring (bicyclic) bond motifs is 1. The van der Waals surface area contributed by atoms with Crippen LogP contribution < -0.4 is 0 Å². The first-order valence-electron chi connectivity index (χ1n) is 7.84. The molecule has 2 aromatic rings. The molecule has 0 N–H and O–H groups in total. The lowest BCUT2D eigenvalue weighted by atomic mass is 10.0. The van der Waals surface area contributed by atoms with Crippen LogP contribution in [0, 0.1) is 13.8 Å². The van der Waals surface area contributed by atoms with E-state index in [2.05, 4.69) is 19.9 Å². The Kier molecular flexibility index (Phi) is 3.96. The lowest BCUT2D eigenvalue weighted by molar-refractivity contribution is -0.142. The van der Waals surface area contributed by atoms with E-state index in [0.717, 1.165) is 16.5 Å². The number of nitrogens with zero attached hydrogens (tertiary/aromatic N) is 1. The second-order valence-corrected chi connectivity index (χ2v) is 6.41. The van der Waals surface area contributed by atoms with Crippen LogP contribution in [0.4, 0.5) is 0 Å². The van der Waals surface area contributed by atoms with E-state index in [0.29, 0.717) is 19.6 Å². The van der Waals surface area contributed by atoms with Gasteiger partial charge in [-0.25, -0.2) is 0 Å². The average Bonchev–Trinajstić information content (AvgIpc) is 2.84. The van der Waals surface area contributed by atoms with E-state index < -0.39 is 0 Å². The van der Waals surface area contributed by atoms with Crippen LogP contribution in [0.3, 0.4) is 0 Å². The van der Waals surface area contributed by atoms with Crippen LogP contribution in [0.1, 0.15) is 30.5 Å². The van der Waals surface area contributed by atoms with Crippen LogP contribution in [0.2, 0.25) is 0 Å². The highest BCUT2D eigenvalue weighted by Crippen LogP contribution is 2.26. The first-order chi connectivity index (χ1) is 10.5. The van der Waals surface area contributed by atoms with Gasteiger partial charge in [-0.2, -0.15) is 0 Å². The Morgan fingerprint density at radius 1 is 1.27 bits per heavy atom. The summed E-state index contributed by atoms with van der Waals surface area (Å²) >= 11 is 0. The third kappa shape index (κ3) is 2.75. The summed E-state index contributed by atoms with van der Waals surface area (Å²) in [4.78, 5) is 14.6. The summed E-state index contributed by atoms with van der Waals surface area (Å²) in [7, 11) is 0. The summed E-state index contributed by atoms with van der Waals surface area (Å²) in [6.07, 6.45) is 2.20. The van der Waals surface area contributed by atoms with Gasteiger partial charge in [0.05, 0.1) is 31.4 Å². The van der Waals surface area contributed by atoms with Gasteiger partial charge in [0, 0.05) is 17.5 Å². The molecular weight excluding hydrogens is 278 g/mol. The van der Waals surface area contributed by atoms with Gasteiger partial charge in [-0.3, -0.25) is 4.79 Å². The largest absolute Gasteiger partial charge is 0.464 e. The zero-order valence-electron chi connectivity index (χ0n) is 13.7. The van der Waals surface area contributed by atoms with Crippen LogP contribution in [0.25, 0.3) is 11.0 Å². The van der Waals surface area contributed by atoms with E-state index in [1.165, 1.54) is 11.1 Å². The number of morpholine rings is 1. The quantitative estimate of drug-likeness (QED) is 0.855. The normalized spacial score (nSPS) is 22.3. The second-order valence-electron chi connectivity index (χ2n) is 6.41. The molecule has 1 aliphatic rings. The Balaban J connectivity index is 1.83. The van der Waals surface area contributed by atoms with Gasteiger partial charge in [-0.05, 0) is 51.0 Å². The Morgan fingerprint density at radius 2 is 2.00 bits per heavy atom. The second kappa shape index (κ2) is 5.76. The van der Waals surface area contributed by atoms with Crippen molar-refractivity contribution < 1.29 is 13.9 Å². The van der Waals surface area contributed by atoms with E-state index in [-0.39, 0.29) is 18.1 Å². The van der Waals surface area contributed by atoms with Gasteiger partial charge in [0.2, 0.25) is 5.91 Å². The maximum Gasteiger partial charge on any atom is 0.227 e. The number of aryl methyl sites for hydroxylation is 2. The fourth-order valence-corrected chi connectivity index (χ4v) is 2.99. The average molecular weight is 301 g/mol. The van der Waals surface area contributed by atoms with E-state index in [4.69, 9.17) is 9.15 Å². The molecule has 3 rings (SSSR count). The molecule has 0 aliphatic carbocycles. The molecule has 22 heavy (non-hydrogen) atoms. The fourth-order valence-electron chi connectivity index (χ4n) is 2.99. The first-order valence-corrected chi connectivity index (χ1v) is 7.84. The van der Waals surface area contributed by atoms with Crippen LogP contribution in [0.15, 0.2) is 22.8 Å². The first kappa shape index (κ1) is 15.1. The number of carbonyl (C=O) groups excluding carboxylic acids is 1. The number of ether oxygens (including phenoxy) is 1. The van der Waals surface area contributed by atoms with Crippen molar-refractivity contribution in [2.75, 3.05) is 13.2 Å². The number of hydrogen-bond acceptors (Lipinski definition) is 3. The van der Waals surface area contributed by atoms with Crippen molar-refractivity contribution in [1.29, 1.82) is 0 Å². The molecule has 2 unspecified atom stereocenters. The predicted molar refractivity (Wildman–Crippen MR) is 86.0 cm³/mol. The molecule has 2 heterocycles. The van der Waals surface area contributed by atoms with Crippen LogP contribution in [-0.2, 0) is 16.0 Å². The van der Waals surface area contributed by atoms with Gasteiger partial charge < -0.3 is 14.1 Å². The maximum absolute atomic E-state index is 12.6. The molecule has 0 bridgehead atoms. The van der Waals surface area contributed by atoms with Gasteiger partial charge in [0.1, 0.15) is 5.58 Å². The minimum absolute atomic E-state index is 0.103. The standard InChI is InChI=1S/C18H23NO3/c1-11-5-16-15(10-22-17(16)6-12(11)2)7-18(20)19-8-14(4)21-9-13(19)3/h5-6,10,13-14H,7-9H2,1-4H3. The third-order valence-corrected chi connectivity index (χ3v) is 4.54. The molecule has 0 spiro atoms. The molecular formula is C18H23NO3. The van der Waals surface area contributed by atoms with Crippen LogP contribution in [0.5, 0.6) is 0 Å². The molecule has 1 aliphatic heterocycles. The van der Waals surface area contributed by atoms with Crippen molar-refractivity contribution in [1.82, 2.24) is 4.90 Å². The Bertz CT molecular complexity index is 704. The summed E-state index contributed by atoms with van der Waals surface area (Å²) in [5.74, 6) is 0.142. The Labute approximate surface area is 131 Å². The molecule has 1 saturated heterocycles. The van der Waals surface area contributed by atoms with Crippen molar-refractivity contribution in [3.05, 3.63) is 35.1 Å². The van der Waals surface area contributed by atoms with Crippen LogP contribution >= 0.6 is 0 Å². The number of furan rings is 1. The summed E-state index contributed by atoms with van der Waals surface area (Å²) < 4.78 is 11.2. The zero-order valence-corrected chi connectivity index (χ0v) is 13.7. The highest BCUT2D eigenvalue weighted by Gasteiger charge is 2.28. The van der Waals surface area contributed by atoms with Gasteiger partial charge in [-0.15, -0.1) is 0 Å². The molecule has 1 amide bonds. The molecule has 1 aromatic carbocycles. The summed E-state index contributed by atoms with van der Waals surface area (Å²) in [6.45, 7) is 9.46. The maximum atomic E-state index is 12.6. The minimum atomic E-state index is 0.103. The van der Waals surface area contributed by atoms with Crippen molar-refractivity contribution >= 4 is 16.9 Å². The molecule has 118 valence electrons. The van der Waals surface area contributed by atoms with Gasteiger partial charge >= 0.3 is 0 Å². The SMILES string of the molecule is Cc1cc2occ(CC(=O)N3CC(C)OCC3C)c2cc1C.